The second-order valence-corrected chi connectivity index (χ2v) is 4.32. The maximum absolute atomic E-state index is 11.4. The smallest absolute Gasteiger partial charge is 0.411 e. The first-order valence-electron chi connectivity index (χ1n) is 6.48. The van der Waals surface area contributed by atoms with Gasteiger partial charge >= 0.3 is 12.1 Å². The highest BCUT2D eigenvalue weighted by Gasteiger charge is 2.02. The average Bonchev–Trinajstić information content (AvgIpc) is 2.43. The van der Waals surface area contributed by atoms with Gasteiger partial charge < -0.3 is 9.84 Å². The summed E-state index contributed by atoms with van der Waals surface area (Å²) in [5.41, 5.74) is 1.03. The van der Waals surface area contributed by atoms with Gasteiger partial charge in [0.05, 0.1) is 6.61 Å². The third kappa shape index (κ3) is 6.58. The number of ether oxygens (including phenoxy) is 1. The summed E-state index contributed by atoms with van der Waals surface area (Å²) < 4.78 is 5.01. The fourth-order valence-corrected chi connectivity index (χ4v) is 1.49. The van der Waals surface area contributed by atoms with Gasteiger partial charge in [-0.25, -0.2) is 9.59 Å². The van der Waals surface area contributed by atoms with Crippen molar-refractivity contribution in [3.8, 4) is 0 Å². The van der Waals surface area contributed by atoms with Crippen molar-refractivity contribution in [3.05, 3.63) is 42.0 Å². The fraction of sp³-hybridized carbons (Fsp3) is 0.333. The van der Waals surface area contributed by atoms with Crippen molar-refractivity contribution in [1.29, 1.82) is 0 Å². The van der Waals surface area contributed by atoms with Gasteiger partial charge in [0, 0.05) is 11.3 Å². The molecule has 0 saturated heterocycles. The Hall–Kier alpha value is -2.30. The number of aliphatic carboxylic acids is 1. The molecule has 0 spiro atoms. The molecule has 5 heteroatoms. The molecule has 0 heterocycles. The van der Waals surface area contributed by atoms with Crippen LogP contribution in [0.2, 0.25) is 0 Å². The highest BCUT2D eigenvalue weighted by atomic mass is 16.5. The maximum atomic E-state index is 11.4. The van der Waals surface area contributed by atoms with Gasteiger partial charge in [-0.1, -0.05) is 24.3 Å². The number of anilines is 1. The Bertz CT molecular complexity index is 468. The second-order valence-electron chi connectivity index (χ2n) is 4.32. The van der Waals surface area contributed by atoms with Crippen LogP contribution in [0, 0.1) is 0 Å². The molecule has 20 heavy (non-hydrogen) atoms. The standard InChI is InChI=1S/C15H19NO4/c1-12(14(17)18)8-4-3-7-11-20-15(19)16-13-9-5-2-6-10-13/h2,5-6,8-10H,3-4,7,11H2,1H3,(H,16,19)(H,17,18). The molecule has 1 aromatic carbocycles. The lowest BCUT2D eigenvalue weighted by Gasteiger charge is -2.06. The number of para-hydroxylation sites is 1. The number of hydrogen-bond acceptors (Lipinski definition) is 3. The summed E-state index contributed by atoms with van der Waals surface area (Å²) in [5.74, 6) is -0.900. The van der Waals surface area contributed by atoms with Crippen molar-refractivity contribution in [1.82, 2.24) is 0 Å². The molecule has 108 valence electrons. The number of rotatable bonds is 7. The van der Waals surface area contributed by atoms with Crippen LogP contribution in [0.1, 0.15) is 26.2 Å². The molecular formula is C15H19NO4. The number of allylic oxidation sites excluding steroid dienone is 1. The Balaban J connectivity index is 2.11. The Morgan fingerprint density at radius 2 is 1.95 bits per heavy atom. The minimum Gasteiger partial charge on any atom is -0.478 e. The van der Waals surface area contributed by atoms with Crippen LogP contribution in [-0.4, -0.2) is 23.8 Å². The number of amides is 1. The van der Waals surface area contributed by atoms with E-state index in [2.05, 4.69) is 5.32 Å². The molecule has 0 bridgehead atoms. The third-order valence-corrected chi connectivity index (χ3v) is 2.64. The Morgan fingerprint density at radius 3 is 2.60 bits per heavy atom. The quantitative estimate of drug-likeness (QED) is 0.591. The molecule has 5 nitrogen and oxygen atoms in total. The van der Waals surface area contributed by atoms with Crippen molar-refractivity contribution >= 4 is 17.7 Å². The van der Waals surface area contributed by atoms with Crippen LogP contribution in [0.15, 0.2) is 42.0 Å². The highest BCUT2D eigenvalue weighted by molar-refractivity contribution is 5.85. The zero-order valence-corrected chi connectivity index (χ0v) is 11.5. The van der Waals surface area contributed by atoms with Gasteiger partial charge in [0.1, 0.15) is 0 Å². The number of nitrogens with one attached hydrogen (secondary N) is 1. The van der Waals surface area contributed by atoms with E-state index in [-0.39, 0.29) is 0 Å². The van der Waals surface area contributed by atoms with E-state index in [4.69, 9.17) is 9.84 Å². The number of carboxylic acid groups (broad SMARTS) is 1. The van der Waals surface area contributed by atoms with E-state index >= 15 is 0 Å². The van der Waals surface area contributed by atoms with E-state index in [1.807, 2.05) is 18.2 Å². The van der Waals surface area contributed by atoms with Gasteiger partial charge in [-0.2, -0.15) is 0 Å². The molecule has 1 aromatic rings. The lowest BCUT2D eigenvalue weighted by Crippen LogP contribution is -2.14. The van der Waals surface area contributed by atoms with Gasteiger partial charge in [0.25, 0.3) is 0 Å². The molecule has 1 rings (SSSR count). The van der Waals surface area contributed by atoms with Crippen LogP contribution >= 0.6 is 0 Å². The summed E-state index contributed by atoms with van der Waals surface area (Å²) in [4.78, 5) is 22.0. The van der Waals surface area contributed by atoms with Crippen molar-refractivity contribution in [2.75, 3.05) is 11.9 Å². The molecule has 0 aromatic heterocycles. The van der Waals surface area contributed by atoms with E-state index in [0.717, 1.165) is 6.42 Å². The summed E-state index contributed by atoms with van der Waals surface area (Å²) >= 11 is 0. The molecule has 0 aliphatic rings. The van der Waals surface area contributed by atoms with Crippen molar-refractivity contribution in [2.24, 2.45) is 0 Å². The predicted octanol–water partition coefficient (Wildman–Crippen LogP) is 3.44. The fourth-order valence-electron chi connectivity index (χ4n) is 1.49. The maximum Gasteiger partial charge on any atom is 0.411 e. The molecular weight excluding hydrogens is 258 g/mol. The van der Waals surface area contributed by atoms with Crippen LogP contribution in [0.5, 0.6) is 0 Å². The van der Waals surface area contributed by atoms with Gasteiger partial charge in [-0.15, -0.1) is 0 Å². The second kappa shape index (κ2) is 8.74. The summed E-state index contributed by atoms with van der Waals surface area (Å²) in [6.45, 7) is 1.88. The normalized spacial score (nSPS) is 10.9. The first kappa shape index (κ1) is 15.8. The van der Waals surface area contributed by atoms with Crippen molar-refractivity contribution < 1.29 is 19.4 Å². The lowest BCUT2D eigenvalue weighted by molar-refractivity contribution is -0.132. The number of hydrogen-bond donors (Lipinski definition) is 2. The Kier molecular flexibility index (Phi) is 6.89. The summed E-state index contributed by atoms with van der Waals surface area (Å²) in [5, 5.41) is 11.3. The van der Waals surface area contributed by atoms with E-state index in [9.17, 15) is 9.59 Å². The molecule has 0 fully saturated rings. The monoisotopic (exact) mass is 277 g/mol. The molecule has 0 aliphatic carbocycles. The summed E-state index contributed by atoms with van der Waals surface area (Å²) in [6.07, 6.45) is 3.34. The summed E-state index contributed by atoms with van der Waals surface area (Å²) in [7, 11) is 0. The Morgan fingerprint density at radius 1 is 1.25 bits per heavy atom. The number of carbonyl (C=O) groups is 2. The molecule has 0 radical (unpaired) electrons. The number of carbonyl (C=O) groups excluding carboxylic acids is 1. The Labute approximate surface area is 118 Å². The van der Waals surface area contributed by atoms with Crippen LogP contribution in [0.4, 0.5) is 10.5 Å². The first-order valence-corrected chi connectivity index (χ1v) is 6.48. The van der Waals surface area contributed by atoms with Gasteiger partial charge in [-0.3, -0.25) is 5.32 Å². The highest BCUT2D eigenvalue weighted by Crippen LogP contribution is 2.06. The van der Waals surface area contributed by atoms with Gasteiger partial charge in [0.15, 0.2) is 0 Å². The van der Waals surface area contributed by atoms with Crippen molar-refractivity contribution in [3.63, 3.8) is 0 Å². The van der Waals surface area contributed by atoms with Crippen LogP contribution < -0.4 is 5.32 Å². The largest absolute Gasteiger partial charge is 0.478 e. The summed E-state index contributed by atoms with van der Waals surface area (Å²) in [6, 6.07) is 9.07. The number of benzene rings is 1. The molecule has 2 N–H and O–H groups in total. The molecule has 0 atom stereocenters. The van der Waals surface area contributed by atoms with Gasteiger partial charge in [-0.05, 0) is 38.3 Å². The zero-order chi connectivity index (χ0) is 14.8. The van der Waals surface area contributed by atoms with E-state index in [1.54, 1.807) is 25.1 Å². The minimum atomic E-state index is -0.900. The zero-order valence-electron chi connectivity index (χ0n) is 11.5. The first-order chi connectivity index (χ1) is 9.59. The average molecular weight is 277 g/mol. The van der Waals surface area contributed by atoms with Crippen molar-refractivity contribution in [2.45, 2.75) is 26.2 Å². The predicted molar refractivity (Wildman–Crippen MR) is 76.7 cm³/mol. The van der Waals surface area contributed by atoms with E-state index in [1.165, 1.54) is 0 Å². The van der Waals surface area contributed by atoms with E-state index in [0.29, 0.717) is 30.7 Å². The lowest BCUT2D eigenvalue weighted by atomic mass is 10.2. The molecule has 1 amide bonds. The van der Waals surface area contributed by atoms with Gasteiger partial charge in [0.2, 0.25) is 0 Å². The minimum absolute atomic E-state index is 0.318. The number of carboxylic acids is 1. The SMILES string of the molecule is CC(=CCCCCOC(=O)Nc1ccccc1)C(=O)O. The molecule has 0 unspecified atom stereocenters. The topological polar surface area (TPSA) is 75.6 Å². The van der Waals surface area contributed by atoms with Crippen LogP contribution in [0.25, 0.3) is 0 Å². The molecule has 0 aliphatic heterocycles. The molecule has 0 saturated carbocycles. The third-order valence-electron chi connectivity index (χ3n) is 2.64. The van der Waals surface area contributed by atoms with Crippen LogP contribution in [-0.2, 0) is 9.53 Å². The van der Waals surface area contributed by atoms with Crippen LogP contribution in [0.3, 0.4) is 0 Å². The number of unbranched alkanes of at least 4 members (excludes halogenated alkanes) is 2. The van der Waals surface area contributed by atoms with E-state index < -0.39 is 12.1 Å².